The maximum atomic E-state index is 14.2. The van der Waals surface area contributed by atoms with Gasteiger partial charge in [0.25, 0.3) is 5.91 Å². The number of Topliss-reactive ketones (excluding diaryl/α,β-unsaturated/α-hetero) is 1. The normalized spacial score (nSPS) is 14.7. The van der Waals surface area contributed by atoms with E-state index in [1.54, 1.807) is 41.3 Å². The predicted molar refractivity (Wildman–Crippen MR) is 115 cm³/mol. The standard InChI is InChI=1S/C22H22FN3O3S/c1-15(27)16-5-7-17(8-6-16)21(28)26(10-9-25-11-13-29-14-12-25)22-24-20-18(23)3-2-4-19(20)30-22/h2-8H,9-14H2,1H3. The van der Waals surface area contributed by atoms with Gasteiger partial charge >= 0.3 is 0 Å². The number of aromatic nitrogens is 1. The van der Waals surface area contributed by atoms with E-state index in [-0.39, 0.29) is 17.2 Å². The zero-order valence-corrected chi connectivity index (χ0v) is 17.5. The first-order valence-corrected chi connectivity index (χ1v) is 10.6. The summed E-state index contributed by atoms with van der Waals surface area (Å²) in [4.78, 5) is 33.1. The molecule has 0 N–H and O–H groups in total. The van der Waals surface area contributed by atoms with Crippen molar-refractivity contribution in [2.24, 2.45) is 0 Å². The van der Waals surface area contributed by atoms with Crippen LogP contribution < -0.4 is 4.90 Å². The third-order valence-corrected chi connectivity index (χ3v) is 6.16. The number of rotatable bonds is 6. The molecule has 156 valence electrons. The number of fused-ring (bicyclic) bond motifs is 1. The molecule has 1 aromatic heterocycles. The first kappa shape index (κ1) is 20.6. The van der Waals surface area contributed by atoms with Gasteiger partial charge in [-0.25, -0.2) is 9.37 Å². The Kier molecular flexibility index (Phi) is 6.17. The molecule has 1 saturated heterocycles. The van der Waals surface area contributed by atoms with Crippen molar-refractivity contribution in [2.45, 2.75) is 6.92 Å². The van der Waals surface area contributed by atoms with Crippen molar-refractivity contribution in [3.05, 3.63) is 59.4 Å². The van der Waals surface area contributed by atoms with Gasteiger partial charge in [0.2, 0.25) is 0 Å². The van der Waals surface area contributed by atoms with Crippen molar-refractivity contribution in [1.82, 2.24) is 9.88 Å². The maximum Gasteiger partial charge on any atom is 0.260 e. The second-order valence-corrected chi connectivity index (χ2v) is 8.14. The summed E-state index contributed by atoms with van der Waals surface area (Å²) in [5.74, 6) is -0.681. The molecule has 1 amide bonds. The number of benzene rings is 2. The average molecular weight is 428 g/mol. The number of anilines is 1. The second-order valence-electron chi connectivity index (χ2n) is 7.13. The number of nitrogens with zero attached hydrogens (tertiary/aromatic N) is 3. The number of para-hydroxylation sites is 1. The van der Waals surface area contributed by atoms with E-state index in [0.29, 0.717) is 47.3 Å². The van der Waals surface area contributed by atoms with Gasteiger partial charge in [-0.2, -0.15) is 0 Å². The fourth-order valence-electron chi connectivity index (χ4n) is 3.37. The number of carbonyl (C=O) groups excluding carboxylic acids is 2. The van der Waals surface area contributed by atoms with E-state index in [1.807, 2.05) is 0 Å². The molecule has 1 fully saturated rings. The Morgan fingerprint density at radius 1 is 1.13 bits per heavy atom. The zero-order chi connectivity index (χ0) is 21.1. The van der Waals surface area contributed by atoms with Crippen molar-refractivity contribution < 1.29 is 18.7 Å². The van der Waals surface area contributed by atoms with E-state index in [0.717, 1.165) is 13.1 Å². The lowest BCUT2D eigenvalue weighted by Crippen LogP contribution is -2.43. The molecule has 0 aliphatic carbocycles. The van der Waals surface area contributed by atoms with Gasteiger partial charge in [-0.3, -0.25) is 19.4 Å². The smallest absolute Gasteiger partial charge is 0.260 e. The minimum absolute atomic E-state index is 0.0557. The Labute approximate surface area is 177 Å². The molecule has 30 heavy (non-hydrogen) atoms. The lowest BCUT2D eigenvalue weighted by molar-refractivity contribution is 0.0391. The molecule has 6 nitrogen and oxygen atoms in total. The lowest BCUT2D eigenvalue weighted by Gasteiger charge is -2.29. The van der Waals surface area contributed by atoms with Gasteiger partial charge in [0.05, 0.1) is 17.9 Å². The molecule has 1 aliphatic heterocycles. The first-order valence-electron chi connectivity index (χ1n) is 9.81. The summed E-state index contributed by atoms with van der Waals surface area (Å²) in [5.41, 5.74) is 1.28. The summed E-state index contributed by atoms with van der Waals surface area (Å²) in [7, 11) is 0. The molecule has 0 atom stereocenters. The van der Waals surface area contributed by atoms with E-state index in [4.69, 9.17) is 4.74 Å². The van der Waals surface area contributed by atoms with E-state index < -0.39 is 5.82 Å². The number of morpholine rings is 1. The summed E-state index contributed by atoms with van der Waals surface area (Å²) >= 11 is 1.29. The first-order chi connectivity index (χ1) is 14.5. The maximum absolute atomic E-state index is 14.2. The Morgan fingerprint density at radius 3 is 2.50 bits per heavy atom. The van der Waals surface area contributed by atoms with Crippen LogP contribution in [-0.4, -0.2) is 61.0 Å². The Hall–Kier alpha value is -2.68. The van der Waals surface area contributed by atoms with E-state index in [2.05, 4.69) is 9.88 Å². The van der Waals surface area contributed by atoms with Gasteiger partial charge in [-0.15, -0.1) is 0 Å². The molecule has 0 unspecified atom stereocenters. The summed E-state index contributed by atoms with van der Waals surface area (Å²) < 4.78 is 20.3. The molecular formula is C22H22FN3O3S. The molecule has 2 heterocycles. The molecule has 0 bridgehead atoms. The number of hydrogen-bond acceptors (Lipinski definition) is 6. The minimum atomic E-state index is -0.401. The van der Waals surface area contributed by atoms with E-state index in [9.17, 15) is 14.0 Å². The molecule has 0 radical (unpaired) electrons. The van der Waals surface area contributed by atoms with Gasteiger partial charge in [0, 0.05) is 37.3 Å². The number of amides is 1. The summed E-state index contributed by atoms with van der Waals surface area (Å²) in [6, 6.07) is 11.4. The van der Waals surface area contributed by atoms with Crippen LogP contribution in [0.5, 0.6) is 0 Å². The van der Waals surface area contributed by atoms with Crippen LogP contribution in [0, 0.1) is 5.82 Å². The summed E-state index contributed by atoms with van der Waals surface area (Å²) in [6.45, 7) is 5.54. The van der Waals surface area contributed by atoms with Gasteiger partial charge < -0.3 is 4.74 Å². The quantitative estimate of drug-likeness (QED) is 0.563. The summed E-state index contributed by atoms with van der Waals surface area (Å²) in [6.07, 6.45) is 0. The van der Waals surface area contributed by atoms with Gasteiger partial charge in [0.15, 0.2) is 10.9 Å². The number of ketones is 1. The second kappa shape index (κ2) is 8.99. The molecular weight excluding hydrogens is 405 g/mol. The molecule has 8 heteroatoms. The van der Waals surface area contributed by atoms with Crippen molar-refractivity contribution >= 4 is 38.4 Å². The van der Waals surface area contributed by atoms with Crippen molar-refractivity contribution in [1.29, 1.82) is 0 Å². The van der Waals surface area contributed by atoms with Crippen LogP contribution in [0.4, 0.5) is 9.52 Å². The Balaban J connectivity index is 1.63. The Morgan fingerprint density at radius 2 is 1.83 bits per heavy atom. The van der Waals surface area contributed by atoms with Crippen LogP contribution in [0.2, 0.25) is 0 Å². The topological polar surface area (TPSA) is 62.7 Å². The zero-order valence-electron chi connectivity index (χ0n) is 16.6. The van der Waals surface area contributed by atoms with Gasteiger partial charge in [0.1, 0.15) is 11.3 Å². The third-order valence-electron chi connectivity index (χ3n) is 5.12. The van der Waals surface area contributed by atoms with Gasteiger partial charge in [-0.05, 0) is 31.2 Å². The van der Waals surface area contributed by atoms with Crippen molar-refractivity contribution in [3.8, 4) is 0 Å². The molecule has 0 saturated carbocycles. The van der Waals surface area contributed by atoms with Crippen LogP contribution in [0.25, 0.3) is 10.2 Å². The fourth-order valence-corrected chi connectivity index (χ4v) is 4.38. The fraction of sp³-hybridized carbons (Fsp3) is 0.318. The van der Waals surface area contributed by atoms with Crippen LogP contribution in [0.1, 0.15) is 27.6 Å². The number of halogens is 1. The highest BCUT2D eigenvalue weighted by Crippen LogP contribution is 2.31. The van der Waals surface area contributed by atoms with Crippen LogP contribution >= 0.6 is 11.3 Å². The number of hydrogen-bond donors (Lipinski definition) is 0. The van der Waals surface area contributed by atoms with E-state index >= 15 is 0 Å². The predicted octanol–water partition coefficient (Wildman–Crippen LogP) is 3.62. The highest BCUT2D eigenvalue weighted by atomic mass is 32.1. The Bertz CT molecular complexity index is 1060. The lowest BCUT2D eigenvalue weighted by atomic mass is 10.1. The summed E-state index contributed by atoms with van der Waals surface area (Å²) in [5, 5.41) is 0.462. The molecule has 2 aromatic carbocycles. The largest absolute Gasteiger partial charge is 0.379 e. The van der Waals surface area contributed by atoms with Gasteiger partial charge in [-0.1, -0.05) is 29.5 Å². The van der Waals surface area contributed by atoms with E-state index in [1.165, 1.54) is 24.3 Å². The molecule has 4 rings (SSSR count). The average Bonchev–Trinajstić information content (AvgIpc) is 3.20. The number of carbonyl (C=O) groups is 2. The third kappa shape index (κ3) is 4.40. The van der Waals surface area contributed by atoms with Crippen LogP contribution in [0.3, 0.4) is 0 Å². The minimum Gasteiger partial charge on any atom is -0.379 e. The SMILES string of the molecule is CC(=O)c1ccc(C(=O)N(CCN2CCOCC2)c2nc3c(F)cccc3s2)cc1. The number of ether oxygens (including phenoxy) is 1. The molecule has 3 aromatic rings. The van der Waals surface area contributed by atoms with Crippen molar-refractivity contribution in [3.63, 3.8) is 0 Å². The van der Waals surface area contributed by atoms with Crippen molar-refractivity contribution in [2.75, 3.05) is 44.3 Å². The highest BCUT2D eigenvalue weighted by Gasteiger charge is 2.23. The molecule has 0 spiro atoms. The van der Waals surface area contributed by atoms with Crippen LogP contribution in [0.15, 0.2) is 42.5 Å². The molecule has 1 aliphatic rings. The van der Waals surface area contributed by atoms with Crippen LogP contribution in [-0.2, 0) is 4.74 Å². The monoisotopic (exact) mass is 427 g/mol. The number of thiazole rings is 1. The highest BCUT2D eigenvalue weighted by molar-refractivity contribution is 7.22.